The van der Waals surface area contributed by atoms with Crippen molar-refractivity contribution in [3.63, 3.8) is 0 Å². The lowest BCUT2D eigenvalue weighted by atomic mass is 10.1. The number of aromatic carboxylic acids is 1. The van der Waals surface area contributed by atoms with Crippen LogP contribution in [0.15, 0.2) is 22.6 Å². The predicted octanol–water partition coefficient (Wildman–Crippen LogP) is 2.63. The third kappa shape index (κ3) is 2.01. The van der Waals surface area contributed by atoms with Gasteiger partial charge in [0.1, 0.15) is 17.3 Å². The first-order valence-corrected chi connectivity index (χ1v) is 4.65. The quantitative estimate of drug-likeness (QED) is 0.874. The van der Waals surface area contributed by atoms with Crippen molar-refractivity contribution in [2.45, 2.75) is 6.92 Å². The van der Waals surface area contributed by atoms with Gasteiger partial charge in [-0.05, 0) is 18.2 Å². The van der Waals surface area contributed by atoms with E-state index >= 15 is 0 Å². The van der Waals surface area contributed by atoms with Crippen LogP contribution in [0.1, 0.15) is 16.4 Å². The Labute approximate surface area is 94.5 Å². The molecule has 2 aromatic rings. The molecule has 4 nitrogen and oxygen atoms in total. The Balaban J connectivity index is 2.67. The van der Waals surface area contributed by atoms with Crippen LogP contribution >= 0.6 is 0 Å². The maximum absolute atomic E-state index is 13.5. The number of aromatic nitrogens is 1. The third-order valence-corrected chi connectivity index (χ3v) is 2.11. The summed E-state index contributed by atoms with van der Waals surface area (Å²) in [4.78, 5) is 14.6. The van der Waals surface area contributed by atoms with Gasteiger partial charge < -0.3 is 9.52 Å². The highest BCUT2D eigenvalue weighted by Crippen LogP contribution is 2.27. The lowest BCUT2D eigenvalue weighted by Gasteiger charge is -2.00. The highest BCUT2D eigenvalue weighted by Gasteiger charge is 2.22. The van der Waals surface area contributed by atoms with Crippen LogP contribution < -0.4 is 0 Å². The minimum atomic E-state index is -1.38. The van der Waals surface area contributed by atoms with Crippen molar-refractivity contribution < 1.29 is 23.1 Å². The Morgan fingerprint density at radius 1 is 1.41 bits per heavy atom. The molecule has 0 spiro atoms. The smallest absolute Gasteiger partial charge is 0.374 e. The fraction of sp³-hybridized carbons (Fsp3) is 0.0909. The summed E-state index contributed by atoms with van der Waals surface area (Å²) in [5.74, 6) is -3.27. The molecule has 1 heterocycles. The van der Waals surface area contributed by atoms with E-state index in [2.05, 4.69) is 4.98 Å². The molecule has 1 aromatic carbocycles. The van der Waals surface area contributed by atoms with Gasteiger partial charge in [-0.3, -0.25) is 0 Å². The van der Waals surface area contributed by atoms with Crippen molar-refractivity contribution in [2.75, 3.05) is 0 Å². The zero-order valence-corrected chi connectivity index (χ0v) is 8.70. The van der Waals surface area contributed by atoms with Crippen molar-refractivity contribution in [1.82, 2.24) is 4.98 Å². The molecule has 0 unspecified atom stereocenters. The Morgan fingerprint density at radius 3 is 2.76 bits per heavy atom. The summed E-state index contributed by atoms with van der Waals surface area (Å²) in [7, 11) is 0. The summed E-state index contributed by atoms with van der Waals surface area (Å²) in [5, 5.41) is 8.85. The highest BCUT2D eigenvalue weighted by molar-refractivity contribution is 5.91. The van der Waals surface area contributed by atoms with Crippen LogP contribution in [-0.4, -0.2) is 16.1 Å². The van der Waals surface area contributed by atoms with E-state index < -0.39 is 23.4 Å². The van der Waals surface area contributed by atoms with Crippen LogP contribution in [0.2, 0.25) is 0 Å². The van der Waals surface area contributed by atoms with E-state index in [4.69, 9.17) is 9.52 Å². The van der Waals surface area contributed by atoms with Gasteiger partial charge in [0.15, 0.2) is 5.89 Å². The maximum atomic E-state index is 13.5. The van der Waals surface area contributed by atoms with Gasteiger partial charge in [-0.25, -0.2) is 18.6 Å². The number of carboxylic acids is 1. The number of aryl methyl sites for hydroxylation is 1. The fourth-order valence-electron chi connectivity index (χ4n) is 1.43. The molecule has 0 aliphatic rings. The van der Waals surface area contributed by atoms with E-state index in [1.807, 2.05) is 0 Å². The summed E-state index contributed by atoms with van der Waals surface area (Å²) in [5.41, 5.74) is -0.453. The van der Waals surface area contributed by atoms with E-state index in [1.54, 1.807) is 0 Å². The van der Waals surface area contributed by atoms with Crippen molar-refractivity contribution in [3.05, 3.63) is 41.5 Å². The number of halogens is 2. The molecule has 0 atom stereocenters. The van der Waals surface area contributed by atoms with E-state index in [9.17, 15) is 13.6 Å². The van der Waals surface area contributed by atoms with E-state index in [0.29, 0.717) is 0 Å². The molecule has 6 heteroatoms. The van der Waals surface area contributed by atoms with E-state index in [1.165, 1.54) is 6.92 Å². The minimum absolute atomic E-state index is 0.0704. The molecule has 0 saturated heterocycles. The van der Waals surface area contributed by atoms with Crippen LogP contribution in [0.3, 0.4) is 0 Å². The van der Waals surface area contributed by atoms with Crippen molar-refractivity contribution in [1.29, 1.82) is 0 Å². The van der Waals surface area contributed by atoms with Crippen molar-refractivity contribution in [3.8, 4) is 11.3 Å². The van der Waals surface area contributed by atoms with Gasteiger partial charge in [0.25, 0.3) is 0 Å². The molecule has 0 amide bonds. The molecule has 17 heavy (non-hydrogen) atoms. The molecule has 0 aliphatic heterocycles. The molecule has 0 fully saturated rings. The molecule has 1 aromatic heterocycles. The number of carboxylic acid groups (broad SMARTS) is 1. The van der Waals surface area contributed by atoms with E-state index in [0.717, 1.165) is 18.2 Å². The van der Waals surface area contributed by atoms with Gasteiger partial charge in [-0.2, -0.15) is 0 Å². The van der Waals surface area contributed by atoms with E-state index in [-0.39, 0.29) is 17.1 Å². The van der Waals surface area contributed by atoms with Gasteiger partial charge >= 0.3 is 5.97 Å². The van der Waals surface area contributed by atoms with Gasteiger partial charge in [-0.15, -0.1) is 0 Å². The van der Waals surface area contributed by atoms with Gasteiger partial charge in [0, 0.05) is 12.5 Å². The summed E-state index contributed by atoms with van der Waals surface area (Å²) in [6.45, 7) is 1.42. The molecule has 1 N–H and O–H groups in total. The second-order valence-electron chi connectivity index (χ2n) is 3.34. The minimum Gasteiger partial charge on any atom is -0.475 e. The molecule has 0 radical (unpaired) electrons. The van der Waals surface area contributed by atoms with Gasteiger partial charge in [0.05, 0.1) is 0 Å². The monoisotopic (exact) mass is 239 g/mol. The second kappa shape index (κ2) is 3.97. The van der Waals surface area contributed by atoms with Crippen LogP contribution in [0.4, 0.5) is 8.78 Å². The molecular formula is C11H7F2NO3. The molecule has 88 valence electrons. The first-order chi connectivity index (χ1) is 7.99. The Morgan fingerprint density at radius 2 is 2.12 bits per heavy atom. The summed E-state index contributed by atoms with van der Waals surface area (Å²) in [6, 6.07) is 2.71. The first kappa shape index (κ1) is 11.3. The maximum Gasteiger partial charge on any atom is 0.374 e. The first-order valence-electron chi connectivity index (χ1n) is 4.65. The average Bonchev–Trinajstić information content (AvgIpc) is 2.64. The number of benzene rings is 1. The van der Waals surface area contributed by atoms with Crippen molar-refractivity contribution in [2.24, 2.45) is 0 Å². The lowest BCUT2D eigenvalue weighted by Crippen LogP contribution is -1.98. The number of rotatable bonds is 2. The van der Waals surface area contributed by atoms with Crippen LogP contribution in [0.5, 0.6) is 0 Å². The summed E-state index contributed by atoms with van der Waals surface area (Å²) < 4.78 is 31.3. The number of carbonyl (C=O) groups is 1. The SMILES string of the molecule is Cc1nc(-c2cc(F)ccc2F)c(C(=O)O)o1. The number of hydrogen-bond donors (Lipinski definition) is 1. The highest BCUT2D eigenvalue weighted by atomic mass is 19.1. The van der Waals surface area contributed by atoms with Gasteiger partial charge in [-0.1, -0.05) is 0 Å². The molecule has 0 saturated carbocycles. The molecule has 0 bridgehead atoms. The molecule has 2 rings (SSSR count). The second-order valence-corrected chi connectivity index (χ2v) is 3.34. The Bertz CT molecular complexity index is 592. The topological polar surface area (TPSA) is 63.3 Å². The molecule has 0 aliphatic carbocycles. The Hall–Kier alpha value is -2.24. The largest absolute Gasteiger partial charge is 0.475 e. The molecular weight excluding hydrogens is 232 g/mol. The Kier molecular flexibility index (Phi) is 2.63. The fourth-order valence-corrected chi connectivity index (χ4v) is 1.43. The zero-order chi connectivity index (χ0) is 12.6. The van der Waals surface area contributed by atoms with Crippen LogP contribution in [-0.2, 0) is 0 Å². The summed E-state index contributed by atoms with van der Waals surface area (Å²) in [6.07, 6.45) is 0. The van der Waals surface area contributed by atoms with Crippen LogP contribution in [0.25, 0.3) is 11.3 Å². The van der Waals surface area contributed by atoms with Crippen LogP contribution in [0, 0.1) is 18.6 Å². The normalized spacial score (nSPS) is 10.5. The average molecular weight is 239 g/mol. The number of oxazole rings is 1. The van der Waals surface area contributed by atoms with Crippen molar-refractivity contribution >= 4 is 5.97 Å². The van der Waals surface area contributed by atoms with Gasteiger partial charge in [0.2, 0.25) is 5.76 Å². The lowest BCUT2D eigenvalue weighted by molar-refractivity contribution is 0.0662. The predicted molar refractivity (Wildman–Crippen MR) is 53.6 cm³/mol. The number of hydrogen-bond acceptors (Lipinski definition) is 3. The summed E-state index contributed by atoms with van der Waals surface area (Å²) >= 11 is 0. The zero-order valence-electron chi connectivity index (χ0n) is 8.70. The number of nitrogens with zero attached hydrogens (tertiary/aromatic N) is 1. The standard InChI is InChI=1S/C11H7F2NO3/c1-5-14-9(10(17-5)11(15)16)7-4-6(12)2-3-8(7)13/h2-4H,1H3,(H,15,16). The third-order valence-electron chi connectivity index (χ3n) is 2.11.